The van der Waals surface area contributed by atoms with Crippen molar-refractivity contribution in [3.63, 3.8) is 0 Å². The van der Waals surface area contributed by atoms with Crippen molar-refractivity contribution < 1.29 is 45.5 Å². The minimum Gasteiger partial charge on any atom is -0.476 e. The summed E-state index contributed by atoms with van der Waals surface area (Å²) in [6.45, 7) is 10.1. The number of carbonyl (C=O) groups excluding carboxylic acids is 1. The Balaban J connectivity index is 0.913. The van der Waals surface area contributed by atoms with Gasteiger partial charge in [-0.1, -0.05) is 25.0 Å². The van der Waals surface area contributed by atoms with Crippen LogP contribution in [0.1, 0.15) is 82.0 Å². The first-order valence-electron chi connectivity index (χ1n) is 24.0. The number of nitrogens with one attached hydrogen (secondary N) is 3. The molecule has 370 valence electrons. The number of anilines is 4. The Morgan fingerprint density at radius 1 is 0.971 bits per heavy atom. The number of rotatable bonds is 12. The van der Waals surface area contributed by atoms with Crippen molar-refractivity contribution in [2.45, 2.75) is 88.8 Å². The van der Waals surface area contributed by atoms with E-state index >= 15 is 0 Å². The summed E-state index contributed by atoms with van der Waals surface area (Å²) in [5, 5.41) is 16.0. The molecule has 3 aliphatic carbocycles. The number of nitro benzene ring substituents is 1. The molecule has 2 bridgehead atoms. The molecule has 3 N–H and O–H groups in total. The molecule has 2 aromatic heterocycles. The van der Waals surface area contributed by atoms with Gasteiger partial charge in [0, 0.05) is 69.2 Å². The number of aromatic nitrogens is 2. The molecule has 16 nitrogen and oxygen atoms in total. The maximum atomic E-state index is 14.4. The molecule has 5 heterocycles. The zero-order valence-corrected chi connectivity index (χ0v) is 39.8. The van der Waals surface area contributed by atoms with E-state index in [1.807, 2.05) is 23.1 Å². The van der Waals surface area contributed by atoms with Gasteiger partial charge >= 0.3 is 6.18 Å². The van der Waals surface area contributed by atoms with Crippen LogP contribution in [0.2, 0.25) is 0 Å². The SMILES string of the molecule is CC1(C)CCC(CN2CCN(c3ccc(C(=O)NS(=O)(=O)c4ccc(NCC5COCCO5)c([N+](=O)[O-])c4)c(N4CCCOc5nc6[nH]ccc6cc54)c3)CC2)=C(C23CCC(C(F)(F)F)(CC2)C3)C1. The van der Waals surface area contributed by atoms with E-state index in [0.29, 0.717) is 101 Å². The third-order valence-corrected chi connectivity index (χ3v) is 16.9. The molecule has 1 atom stereocenters. The summed E-state index contributed by atoms with van der Waals surface area (Å²) in [6, 6.07) is 12.5. The molecule has 3 aliphatic heterocycles. The molecule has 69 heavy (non-hydrogen) atoms. The largest absolute Gasteiger partial charge is 0.476 e. The number of pyridine rings is 1. The topological polar surface area (TPSA) is 185 Å². The van der Waals surface area contributed by atoms with Crippen molar-refractivity contribution in [1.82, 2.24) is 19.6 Å². The molecule has 10 rings (SSSR count). The van der Waals surface area contributed by atoms with Crippen LogP contribution in [-0.2, 0) is 19.5 Å². The Labute approximate surface area is 399 Å². The van der Waals surface area contributed by atoms with E-state index in [1.165, 1.54) is 23.3 Å². The second-order valence-electron chi connectivity index (χ2n) is 20.5. The average Bonchev–Trinajstić information content (AvgIpc) is 4.03. The molecule has 20 heteroatoms. The van der Waals surface area contributed by atoms with Gasteiger partial charge in [-0.05, 0) is 111 Å². The van der Waals surface area contributed by atoms with Crippen LogP contribution in [0, 0.1) is 26.4 Å². The highest BCUT2D eigenvalue weighted by molar-refractivity contribution is 7.90. The number of benzene rings is 2. The molecule has 1 unspecified atom stereocenters. The lowest BCUT2D eigenvalue weighted by molar-refractivity contribution is -0.384. The number of halogens is 3. The van der Waals surface area contributed by atoms with E-state index in [9.17, 15) is 36.5 Å². The first-order chi connectivity index (χ1) is 32.9. The fourth-order valence-corrected chi connectivity index (χ4v) is 12.7. The van der Waals surface area contributed by atoms with Gasteiger partial charge in [0.25, 0.3) is 21.6 Å². The predicted octanol–water partition coefficient (Wildman–Crippen LogP) is 8.48. The molecule has 1 amide bonds. The highest BCUT2D eigenvalue weighted by Crippen LogP contribution is 2.71. The second-order valence-corrected chi connectivity index (χ2v) is 22.2. The van der Waals surface area contributed by atoms with Crippen molar-refractivity contribution in [3.8, 4) is 5.88 Å². The van der Waals surface area contributed by atoms with Crippen LogP contribution < -0.4 is 24.6 Å². The van der Waals surface area contributed by atoms with Crippen LogP contribution in [0.25, 0.3) is 11.0 Å². The number of piperazine rings is 1. The van der Waals surface area contributed by atoms with Crippen molar-refractivity contribution in [2.24, 2.45) is 16.2 Å². The quantitative estimate of drug-likeness (QED) is 0.0699. The lowest BCUT2D eigenvalue weighted by Crippen LogP contribution is -2.47. The Hall–Kier alpha value is -5.44. The summed E-state index contributed by atoms with van der Waals surface area (Å²) >= 11 is 0. The third-order valence-electron chi connectivity index (χ3n) is 15.6. The monoisotopic (exact) mass is 976 g/mol. The van der Waals surface area contributed by atoms with Crippen LogP contribution in [0.5, 0.6) is 5.88 Å². The Kier molecular flexibility index (Phi) is 12.4. The first kappa shape index (κ1) is 47.2. The summed E-state index contributed by atoms with van der Waals surface area (Å²) in [5.41, 5.74) is 2.84. The summed E-state index contributed by atoms with van der Waals surface area (Å²) in [7, 11) is -4.64. The molecule has 6 aliphatic rings. The van der Waals surface area contributed by atoms with Crippen LogP contribution in [-0.4, -0.2) is 119 Å². The number of nitrogens with zero attached hydrogens (tertiary/aromatic N) is 5. The molecule has 2 saturated carbocycles. The highest BCUT2D eigenvalue weighted by Gasteiger charge is 2.67. The van der Waals surface area contributed by atoms with Crippen LogP contribution in [0.15, 0.2) is 70.8 Å². The maximum Gasteiger partial charge on any atom is 0.394 e. The lowest BCUT2D eigenvalue weighted by atomic mass is 9.64. The Morgan fingerprint density at radius 2 is 1.77 bits per heavy atom. The molecule has 2 saturated heterocycles. The van der Waals surface area contributed by atoms with E-state index in [4.69, 9.17) is 19.2 Å². The third kappa shape index (κ3) is 9.24. The fraction of sp³-hybridized carbons (Fsp3) is 0.551. The number of fused-ring (bicyclic) bond motifs is 4. The van der Waals surface area contributed by atoms with Crippen molar-refractivity contribution in [1.29, 1.82) is 0 Å². The average molecular weight is 977 g/mol. The smallest absolute Gasteiger partial charge is 0.394 e. The zero-order chi connectivity index (χ0) is 48.3. The summed E-state index contributed by atoms with van der Waals surface area (Å²) in [4.78, 5) is 39.9. The van der Waals surface area contributed by atoms with Crippen molar-refractivity contribution >= 4 is 55.4 Å². The van der Waals surface area contributed by atoms with Gasteiger partial charge in [0.2, 0.25) is 5.88 Å². The normalized spacial score (nSPS) is 25.3. The second kappa shape index (κ2) is 18.1. The summed E-state index contributed by atoms with van der Waals surface area (Å²) < 4.78 is 90.5. The summed E-state index contributed by atoms with van der Waals surface area (Å²) in [6.07, 6.45) is 2.42. The van der Waals surface area contributed by atoms with E-state index in [1.54, 1.807) is 18.3 Å². The minimum atomic E-state index is -4.64. The highest BCUT2D eigenvalue weighted by atomic mass is 32.2. The summed E-state index contributed by atoms with van der Waals surface area (Å²) in [5.74, 6) is -0.582. The van der Waals surface area contributed by atoms with Gasteiger partial charge < -0.3 is 34.3 Å². The number of sulfonamides is 1. The number of amides is 1. The number of allylic oxidation sites excluding steroid dienone is 1. The molecule has 0 radical (unpaired) electrons. The lowest BCUT2D eigenvalue weighted by Gasteiger charge is -2.43. The molecular weight excluding hydrogens is 918 g/mol. The molecule has 4 fully saturated rings. The predicted molar refractivity (Wildman–Crippen MR) is 254 cm³/mol. The van der Waals surface area contributed by atoms with Gasteiger partial charge in [0.15, 0.2) is 0 Å². The van der Waals surface area contributed by atoms with Crippen LogP contribution >= 0.6 is 0 Å². The van der Waals surface area contributed by atoms with Crippen molar-refractivity contribution in [2.75, 3.05) is 87.4 Å². The number of ether oxygens (including phenoxy) is 3. The van der Waals surface area contributed by atoms with E-state index in [0.717, 1.165) is 42.9 Å². The van der Waals surface area contributed by atoms with Gasteiger partial charge in [0.1, 0.15) is 17.0 Å². The fourth-order valence-electron chi connectivity index (χ4n) is 11.7. The van der Waals surface area contributed by atoms with E-state index in [2.05, 4.69) is 38.7 Å². The molecule has 0 spiro atoms. The number of hydrogen-bond donors (Lipinski definition) is 3. The van der Waals surface area contributed by atoms with Gasteiger partial charge in [-0.3, -0.25) is 19.8 Å². The number of nitro groups is 1. The minimum absolute atomic E-state index is 0.0395. The molecule has 4 aromatic rings. The zero-order valence-electron chi connectivity index (χ0n) is 39.0. The Bertz CT molecular complexity index is 2780. The van der Waals surface area contributed by atoms with E-state index < -0.39 is 43.0 Å². The number of aromatic amines is 1. The van der Waals surface area contributed by atoms with Gasteiger partial charge in [-0.25, -0.2) is 13.1 Å². The van der Waals surface area contributed by atoms with Gasteiger partial charge in [-0.2, -0.15) is 18.2 Å². The Morgan fingerprint density at radius 3 is 2.49 bits per heavy atom. The number of alkyl halides is 3. The van der Waals surface area contributed by atoms with Crippen LogP contribution in [0.3, 0.4) is 0 Å². The van der Waals surface area contributed by atoms with Gasteiger partial charge in [-0.15, -0.1) is 0 Å². The maximum absolute atomic E-state index is 14.4. The number of carbonyl (C=O) groups is 1. The standard InChI is InChI=1S/C49H59F3N8O8S/c1-46(2)10-8-33(38(27-46)47-11-13-48(31-47,14-12-47)49(50,51)52)29-57-17-19-58(20-18-57)34-4-6-37(40(25-34)59-16-3-21-68-45-42(59)24-32-9-15-53-43(32)55-45)44(61)56-69(64,65)36-5-7-39(41(26-36)60(62)63)54-28-35-30-66-22-23-67-35/h4-7,9,15,24-26,35,54H,3,8,10-14,16-23,27-31H2,1-2H3,(H,53,55)(H,56,61). The molecular formula is C49H59F3N8O8S. The van der Waals surface area contributed by atoms with E-state index in [-0.39, 0.29) is 54.0 Å². The first-order valence-corrected chi connectivity index (χ1v) is 25.5. The van der Waals surface area contributed by atoms with Crippen molar-refractivity contribution in [3.05, 3.63) is 81.6 Å². The van der Waals surface area contributed by atoms with Gasteiger partial charge in [0.05, 0.1) is 59.0 Å². The molecule has 2 aromatic carbocycles. The number of hydrogen-bond acceptors (Lipinski definition) is 13. The van der Waals surface area contributed by atoms with Crippen LogP contribution in [0.4, 0.5) is 41.6 Å². The number of H-pyrrole nitrogens is 1.